The Morgan fingerprint density at radius 3 is 0.946 bits per heavy atom. The first-order chi connectivity index (χ1) is 44.6. The second kappa shape index (κ2) is 29.1. The topological polar surface area (TPSA) is 202 Å². The van der Waals surface area contributed by atoms with Gasteiger partial charge in [-0.25, -0.2) is 0 Å². The molecule has 0 N–H and O–H groups in total. The van der Waals surface area contributed by atoms with E-state index in [-0.39, 0.29) is 113 Å². The predicted molar refractivity (Wildman–Crippen MR) is 371 cm³/mol. The highest BCUT2D eigenvalue weighted by molar-refractivity contribution is 9.11. The molecular formula is C70H57Br4N3O12S4. The minimum atomic E-state index is -4.70. The van der Waals surface area contributed by atoms with Gasteiger partial charge in [0, 0.05) is 144 Å². The molecule has 476 valence electrons. The average molecular weight is 1580 g/mol. The molecule has 0 spiro atoms. The van der Waals surface area contributed by atoms with E-state index in [0.29, 0.717) is 62.4 Å². The number of halogens is 4. The van der Waals surface area contributed by atoms with E-state index >= 15 is 0 Å². The van der Waals surface area contributed by atoms with E-state index in [0.717, 1.165) is 17.0 Å². The molecule has 8 bridgehead atoms. The number of fused-ring (bicyclic) bond motifs is 8. The van der Waals surface area contributed by atoms with Gasteiger partial charge in [0.2, 0.25) is 0 Å². The highest BCUT2D eigenvalue weighted by atomic mass is 79.9. The molecule has 1 aliphatic carbocycles. The van der Waals surface area contributed by atoms with Crippen LogP contribution < -0.4 is 16.7 Å². The van der Waals surface area contributed by atoms with Gasteiger partial charge in [-0.3, -0.25) is 9.97 Å². The van der Waals surface area contributed by atoms with E-state index < -0.39 is 40.5 Å². The lowest BCUT2D eigenvalue weighted by atomic mass is 9.89. The Kier molecular flexibility index (Phi) is 21.0. The van der Waals surface area contributed by atoms with E-state index in [1.54, 1.807) is 116 Å². The number of rotatable bonds is 22. The van der Waals surface area contributed by atoms with E-state index in [2.05, 4.69) is 85.2 Å². The number of hydrogen-bond acceptors (Lipinski definition) is 15. The van der Waals surface area contributed by atoms with Crippen LogP contribution in [0.4, 0.5) is 0 Å². The van der Waals surface area contributed by atoms with Crippen molar-refractivity contribution in [2.75, 3.05) is 19.6 Å². The van der Waals surface area contributed by atoms with Gasteiger partial charge in [0.05, 0.1) is 0 Å². The van der Waals surface area contributed by atoms with Gasteiger partial charge in [-0.1, -0.05) is 137 Å². The second-order valence-corrected chi connectivity index (χ2v) is 31.7. The number of pyridine rings is 2. The van der Waals surface area contributed by atoms with Crippen molar-refractivity contribution in [2.45, 2.75) is 64.5 Å². The monoisotopic (exact) mass is 1570 g/mol. The summed E-state index contributed by atoms with van der Waals surface area (Å²) in [6.07, 6.45) is 5.81. The largest absolute Gasteiger partial charge is 0.378 e. The van der Waals surface area contributed by atoms with Crippen molar-refractivity contribution in [3.05, 3.63) is 298 Å². The van der Waals surface area contributed by atoms with Crippen LogP contribution in [0, 0.1) is 0 Å². The van der Waals surface area contributed by atoms with Crippen LogP contribution in [0.1, 0.15) is 67.0 Å². The summed E-state index contributed by atoms with van der Waals surface area (Å²) in [5.74, 6) is -0.539. The van der Waals surface area contributed by atoms with Gasteiger partial charge in [0.15, 0.2) is 0 Å². The summed E-state index contributed by atoms with van der Waals surface area (Å²) in [5, 5.41) is 0. The van der Waals surface area contributed by atoms with Crippen molar-refractivity contribution in [1.29, 1.82) is 0 Å². The number of benzene rings is 8. The molecule has 2 heterocycles. The third-order valence-corrected chi connectivity index (χ3v) is 22.5. The smallest absolute Gasteiger partial charge is 0.339 e. The molecule has 11 rings (SSSR count). The highest BCUT2D eigenvalue weighted by Gasteiger charge is 2.31. The van der Waals surface area contributed by atoms with Crippen LogP contribution in [0.5, 0.6) is 23.0 Å². The van der Waals surface area contributed by atoms with E-state index in [9.17, 15) is 33.7 Å². The lowest BCUT2D eigenvalue weighted by Gasteiger charge is -2.24. The van der Waals surface area contributed by atoms with E-state index in [1.165, 1.54) is 48.5 Å². The molecule has 10 aromatic rings. The number of hydrogen-bond donors (Lipinski definition) is 0. The third-order valence-electron chi connectivity index (χ3n) is 15.4. The summed E-state index contributed by atoms with van der Waals surface area (Å²) in [6, 6.07) is 52.2. The molecule has 15 nitrogen and oxygen atoms in total. The Morgan fingerprint density at radius 2 is 0.656 bits per heavy atom. The van der Waals surface area contributed by atoms with Crippen LogP contribution in [-0.2, 0) is 85.4 Å². The Balaban J connectivity index is 1.16. The molecule has 0 fully saturated rings. The summed E-state index contributed by atoms with van der Waals surface area (Å²) in [4.78, 5) is 10.8. The fourth-order valence-electron chi connectivity index (χ4n) is 10.8. The zero-order valence-electron chi connectivity index (χ0n) is 49.4. The first kappa shape index (κ1) is 67.1. The zero-order chi connectivity index (χ0) is 65.5. The van der Waals surface area contributed by atoms with Gasteiger partial charge in [0.1, 0.15) is 42.6 Å². The molecule has 0 saturated heterocycles. The van der Waals surface area contributed by atoms with Crippen molar-refractivity contribution in [3.8, 4) is 23.0 Å². The average Bonchev–Trinajstić information content (AvgIpc) is 0.832. The maximum atomic E-state index is 15.0. The van der Waals surface area contributed by atoms with Crippen LogP contribution in [0.3, 0.4) is 0 Å². The van der Waals surface area contributed by atoms with E-state index in [4.69, 9.17) is 16.7 Å². The van der Waals surface area contributed by atoms with Gasteiger partial charge in [-0.15, -0.1) is 0 Å². The Hall–Kier alpha value is -7.32. The third kappa shape index (κ3) is 16.8. The molecular weight excluding hydrogens is 1520 g/mol. The minimum absolute atomic E-state index is 0.121. The van der Waals surface area contributed by atoms with Gasteiger partial charge < -0.3 is 21.6 Å². The normalized spacial score (nSPS) is 12.7. The first-order valence-electron chi connectivity index (χ1n) is 29.0. The zero-order valence-corrected chi connectivity index (χ0v) is 59.0. The standard InChI is InChI=1S/C70H57Br4N3O12S4/c1-2-47-39-53-43-49-9-7-11-51(67(49)86-90(78,79)63-23-15-57(71)16-24-63)45-55-41-48(31-36-77(37-32-61-13-3-5-34-75-61)38-33-62-14-4-6-35-76-62)42-56(70(55)89-93(84,85)66-29-21-60(74)22-30-66)46-52-12-8-10-50(68(52)87-91(80,81)64-25-17-58(72)18-26-64)44-54(40-47)69(53)88-92(82,83)65-27-19-59(73)20-28-65/h2-30,34-35,39-42H,1,31-33,36-38,43-46H2. The van der Waals surface area contributed by atoms with Gasteiger partial charge in [-0.05, 0) is 151 Å². The highest BCUT2D eigenvalue weighted by Crippen LogP contribution is 2.43. The van der Waals surface area contributed by atoms with Crippen molar-refractivity contribution < 1.29 is 50.4 Å². The summed E-state index contributed by atoms with van der Waals surface area (Å²) in [6.45, 7) is 5.81. The van der Waals surface area contributed by atoms with Crippen molar-refractivity contribution >= 4 is 110 Å². The van der Waals surface area contributed by atoms with Crippen LogP contribution in [0.25, 0.3) is 6.08 Å². The summed E-state index contributed by atoms with van der Waals surface area (Å²) >= 11 is 13.6. The van der Waals surface area contributed by atoms with Crippen molar-refractivity contribution in [3.63, 3.8) is 0 Å². The molecule has 0 amide bonds. The fraction of sp³-hybridized carbons (Fsp3) is 0.143. The molecule has 0 atom stereocenters. The molecule has 23 heteroatoms. The molecule has 0 aliphatic heterocycles. The van der Waals surface area contributed by atoms with E-state index in [1.807, 2.05) is 48.5 Å². The van der Waals surface area contributed by atoms with Crippen molar-refractivity contribution in [2.24, 2.45) is 0 Å². The first-order valence-corrected chi connectivity index (χ1v) is 37.9. The Bertz CT molecular complexity index is 4650. The van der Waals surface area contributed by atoms with Gasteiger partial charge in [0.25, 0.3) is 0 Å². The van der Waals surface area contributed by atoms with Gasteiger partial charge in [-0.2, -0.15) is 33.7 Å². The predicted octanol–water partition coefficient (Wildman–Crippen LogP) is 15.2. The molecule has 0 saturated carbocycles. The fourth-order valence-corrected chi connectivity index (χ4v) is 15.8. The lowest BCUT2D eigenvalue weighted by Crippen LogP contribution is -2.31. The molecule has 93 heavy (non-hydrogen) atoms. The van der Waals surface area contributed by atoms with Crippen LogP contribution >= 0.6 is 63.7 Å². The maximum Gasteiger partial charge on any atom is 0.339 e. The summed E-state index contributed by atoms with van der Waals surface area (Å²) < 4.78 is 147. The SMILES string of the molecule is C=Cc1cc2c(OS(=O)(=O)c3ccc(Br)cc3)c(c1)Cc1cccc(c1OS(=O)(=O)c1ccc(Br)cc1)Cc1cc(CCN(CCc3ccccn3)CCc3ccccn3)cc(c1OS(=O)(=O)c1ccc(Br)cc1)Cc1cccc(c1OS(=O)(=O)c1ccc(Br)cc1)C2. The number of nitrogens with zero attached hydrogens (tertiary/aromatic N) is 3. The molecule has 2 aromatic heterocycles. The van der Waals surface area contributed by atoms with Crippen molar-refractivity contribution in [1.82, 2.24) is 14.9 Å². The summed E-state index contributed by atoms with van der Waals surface area (Å²) in [5.41, 5.74) is 5.12. The quantitative estimate of drug-likeness (QED) is 0.0579. The molecule has 1 aliphatic rings. The van der Waals surface area contributed by atoms with Crippen LogP contribution in [-0.4, -0.2) is 68.2 Å². The maximum absolute atomic E-state index is 15.0. The van der Waals surface area contributed by atoms with Gasteiger partial charge >= 0.3 is 40.5 Å². The number of aromatic nitrogens is 2. The minimum Gasteiger partial charge on any atom is -0.378 e. The molecule has 0 radical (unpaired) electrons. The van der Waals surface area contributed by atoms with Crippen LogP contribution in [0.2, 0.25) is 0 Å². The second-order valence-electron chi connectivity index (χ2n) is 21.8. The lowest BCUT2D eigenvalue weighted by molar-refractivity contribution is 0.282. The Morgan fingerprint density at radius 1 is 0.366 bits per heavy atom. The number of para-hydroxylation sites is 2. The summed E-state index contributed by atoms with van der Waals surface area (Å²) in [7, 11) is -18.7. The molecule has 8 aromatic carbocycles. The Labute approximate surface area is 575 Å². The molecule has 0 unspecified atom stereocenters. The van der Waals surface area contributed by atoms with Crippen LogP contribution in [0.15, 0.2) is 251 Å².